The quantitative estimate of drug-likeness (QED) is 0.726. The first-order valence-electron chi connectivity index (χ1n) is 5.05. The lowest BCUT2D eigenvalue weighted by Crippen LogP contribution is -2.13. The standard InChI is InChI=1S/C11H14O3S/c1-13-11(12)9-6-10(15-7-9)8-2-4-14-5-3-8/h6-8H,2-5H2,1H3. The Bertz CT molecular complexity index is 339. The van der Waals surface area contributed by atoms with Crippen LogP contribution >= 0.6 is 11.3 Å². The molecule has 1 aliphatic heterocycles. The lowest BCUT2D eigenvalue weighted by atomic mass is 9.98. The molecule has 82 valence electrons. The van der Waals surface area contributed by atoms with E-state index in [2.05, 4.69) is 4.74 Å². The molecule has 15 heavy (non-hydrogen) atoms. The molecule has 0 atom stereocenters. The molecule has 0 radical (unpaired) electrons. The van der Waals surface area contributed by atoms with Crippen LogP contribution in [0.25, 0.3) is 0 Å². The van der Waals surface area contributed by atoms with Gasteiger partial charge < -0.3 is 9.47 Å². The van der Waals surface area contributed by atoms with Gasteiger partial charge in [0, 0.05) is 23.5 Å². The summed E-state index contributed by atoms with van der Waals surface area (Å²) < 4.78 is 9.99. The van der Waals surface area contributed by atoms with E-state index in [9.17, 15) is 4.79 Å². The first kappa shape index (κ1) is 10.6. The van der Waals surface area contributed by atoms with Crippen LogP contribution in [0.2, 0.25) is 0 Å². The van der Waals surface area contributed by atoms with Crippen molar-refractivity contribution in [1.29, 1.82) is 0 Å². The predicted molar refractivity (Wildman–Crippen MR) is 58.5 cm³/mol. The van der Waals surface area contributed by atoms with Gasteiger partial charge >= 0.3 is 5.97 Å². The summed E-state index contributed by atoms with van der Waals surface area (Å²) in [6.45, 7) is 1.66. The zero-order chi connectivity index (χ0) is 10.7. The van der Waals surface area contributed by atoms with Crippen LogP contribution < -0.4 is 0 Å². The summed E-state index contributed by atoms with van der Waals surface area (Å²) in [5.74, 6) is 0.312. The van der Waals surface area contributed by atoms with Crippen LogP contribution in [-0.4, -0.2) is 26.3 Å². The molecule has 0 N–H and O–H groups in total. The van der Waals surface area contributed by atoms with E-state index in [0.29, 0.717) is 11.5 Å². The van der Waals surface area contributed by atoms with Crippen LogP contribution in [0, 0.1) is 0 Å². The summed E-state index contributed by atoms with van der Waals surface area (Å²) in [6.07, 6.45) is 2.11. The molecule has 2 heterocycles. The van der Waals surface area contributed by atoms with Crippen molar-refractivity contribution >= 4 is 17.3 Å². The predicted octanol–water partition coefficient (Wildman–Crippen LogP) is 2.43. The average Bonchev–Trinajstić information content (AvgIpc) is 2.78. The SMILES string of the molecule is COC(=O)c1csc(C2CCOCC2)c1. The second-order valence-electron chi connectivity index (χ2n) is 3.62. The van der Waals surface area contributed by atoms with E-state index >= 15 is 0 Å². The maximum Gasteiger partial charge on any atom is 0.338 e. The maximum absolute atomic E-state index is 11.3. The molecular weight excluding hydrogens is 212 g/mol. The lowest BCUT2D eigenvalue weighted by molar-refractivity contribution is 0.0601. The third kappa shape index (κ3) is 2.38. The minimum absolute atomic E-state index is 0.246. The van der Waals surface area contributed by atoms with Gasteiger partial charge in [-0.25, -0.2) is 4.79 Å². The Kier molecular flexibility index (Phi) is 3.38. The van der Waals surface area contributed by atoms with Crippen LogP contribution in [0.3, 0.4) is 0 Å². The normalized spacial score (nSPS) is 17.7. The van der Waals surface area contributed by atoms with E-state index in [-0.39, 0.29) is 5.97 Å². The monoisotopic (exact) mass is 226 g/mol. The summed E-state index contributed by atoms with van der Waals surface area (Å²) in [5.41, 5.74) is 0.670. The zero-order valence-electron chi connectivity index (χ0n) is 8.69. The number of esters is 1. The molecule has 2 rings (SSSR count). The van der Waals surface area contributed by atoms with Gasteiger partial charge in [-0.05, 0) is 24.8 Å². The number of carbonyl (C=O) groups is 1. The molecule has 4 heteroatoms. The first-order chi connectivity index (χ1) is 7.31. The Morgan fingerprint density at radius 2 is 2.27 bits per heavy atom. The molecule has 1 aromatic rings. The highest BCUT2D eigenvalue weighted by Gasteiger charge is 2.19. The van der Waals surface area contributed by atoms with Gasteiger partial charge in [-0.3, -0.25) is 0 Å². The molecule has 0 amide bonds. The fourth-order valence-corrected chi connectivity index (χ4v) is 2.82. The smallest absolute Gasteiger partial charge is 0.338 e. The maximum atomic E-state index is 11.3. The van der Waals surface area contributed by atoms with Crippen molar-refractivity contribution in [3.8, 4) is 0 Å². The molecule has 0 bridgehead atoms. The fraction of sp³-hybridized carbons (Fsp3) is 0.545. The Morgan fingerprint density at radius 3 is 2.93 bits per heavy atom. The third-order valence-electron chi connectivity index (χ3n) is 2.66. The Morgan fingerprint density at radius 1 is 1.53 bits per heavy atom. The first-order valence-corrected chi connectivity index (χ1v) is 5.93. The summed E-state index contributed by atoms with van der Waals surface area (Å²) in [4.78, 5) is 12.5. The van der Waals surface area contributed by atoms with Crippen LogP contribution in [0.5, 0.6) is 0 Å². The molecule has 0 aliphatic carbocycles. The van der Waals surface area contributed by atoms with Crippen LogP contribution in [0.4, 0.5) is 0 Å². The van der Waals surface area contributed by atoms with E-state index in [1.165, 1.54) is 12.0 Å². The second kappa shape index (κ2) is 4.77. The molecule has 0 aromatic carbocycles. The van der Waals surface area contributed by atoms with E-state index < -0.39 is 0 Å². The fourth-order valence-electron chi connectivity index (χ4n) is 1.77. The summed E-state index contributed by atoms with van der Waals surface area (Å²) in [6, 6.07) is 1.95. The number of carbonyl (C=O) groups excluding carboxylic acids is 1. The molecule has 1 fully saturated rings. The van der Waals surface area contributed by atoms with Crippen molar-refractivity contribution in [1.82, 2.24) is 0 Å². The lowest BCUT2D eigenvalue weighted by Gasteiger charge is -2.20. The van der Waals surface area contributed by atoms with E-state index in [0.717, 1.165) is 26.1 Å². The number of rotatable bonds is 2. The number of ether oxygens (including phenoxy) is 2. The van der Waals surface area contributed by atoms with Gasteiger partial charge in [-0.1, -0.05) is 0 Å². The molecule has 0 spiro atoms. The van der Waals surface area contributed by atoms with Gasteiger partial charge in [0.1, 0.15) is 0 Å². The Hall–Kier alpha value is -0.870. The summed E-state index contributed by atoms with van der Waals surface area (Å²) >= 11 is 1.64. The van der Waals surface area contributed by atoms with Gasteiger partial charge in [0.15, 0.2) is 0 Å². The highest BCUT2D eigenvalue weighted by molar-refractivity contribution is 7.10. The average molecular weight is 226 g/mol. The van der Waals surface area contributed by atoms with E-state index in [1.807, 2.05) is 11.4 Å². The topological polar surface area (TPSA) is 35.5 Å². The largest absolute Gasteiger partial charge is 0.465 e. The minimum Gasteiger partial charge on any atom is -0.465 e. The van der Waals surface area contributed by atoms with Crippen LogP contribution in [0.15, 0.2) is 11.4 Å². The molecule has 1 aromatic heterocycles. The molecule has 3 nitrogen and oxygen atoms in total. The second-order valence-corrected chi connectivity index (χ2v) is 4.56. The van der Waals surface area contributed by atoms with Crippen molar-refractivity contribution in [2.45, 2.75) is 18.8 Å². The molecule has 0 unspecified atom stereocenters. The minimum atomic E-state index is -0.246. The zero-order valence-corrected chi connectivity index (χ0v) is 9.51. The molecule has 1 aliphatic rings. The van der Waals surface area contributed by atoms with Gasteiger partial charge in [0.05, 0.1) is 12.7 Å². The highest BCUT2D eigenvalue weighted by Crippen LogP contribution is 2.31. The van der Waals surface area contributed by atoms with Crippen molar-refractivity contribution in [3.05, 3.63) is 21.9 Å². The highest BCUT2D eigenvalue weighted by atomic mass is 32.1. The van der Waals surface area contributed by atoms with Crippen LogP contribution in [-0.2, 0) is 9.47 Å². The number of thiophene rings is 1. The van der Waals surface area contributed by atoms with Crippen LogP contribution in [0.1, 0.15) is 34.0 Å². The van der Waals surface area contributed by atoms with E-state index in [4.69, 9.17) is 4.74 Å². The summed E-state index contributed by atoms with van der Waals surface area (Å²) in [5, 5.41) is 1.87. The Balaban J connectivity index is 2.08. The molecule has 0 saturated carbocycles. The number of methoxy groups -OCH3 is 1. The van der Waals surface area contributed by atoms with E-state index in [1.54, 1.807) is 11.3 Å². The van der Waals surface area contributed by atoms with Crippen molar-refractivity contribution in [3.63, 3.8) is 0 Å². The van der Waals surface area contributed by atoms with Gasteiger partial charge in [-0.2, -0.15) is 0 Å². The van der Waals surface area contributed by atoms with Gasteiger partial charge in [-0.15, -0.1) is 11.3 Å². The number of hydrogen-bond acceptors (Lipinski definition) is 4. The summed E-state index contributed by atoms with van der Waals surface area (Å²) in [7, 11) is 1.41. The third-order valence-corrected chi connectivity index (χ3v) is 3.76. The van der Waals surface area contributed by atoms with Crippen molar-refractivity contribution < 1.29 is 14.3 Å². The molecule has 1 saturated heterocycles. The molecular formula is C11H14O3S. The van der Waals surface area contributed by atoms with Crippen molar-refractivity contribution in [2.75, 3.05) is 20.3 Å². The van der Waals surface area contributed by atoms with Gasteiger partial charge in [0.2, 0.25) is 0 Å². The van der Waals surface area contributed by atoms with Crippen molar-refractivity contribution in [2.24, 2.45) is 0 Å². The van der Waals surface area contributed by atoms with Gasteiger partial charge in [0.25, 0.3) is 0 Å². The Labute approximate surface area is 93.0 Å². The number of hydrogen-bond donors (Lipinski definition) is 0.